The third-order valence-electron chi connectivity index (χ3n) is 5.88. The van der Waals surface area contributed by atoms with Crippen molar-refractivity contribution in [3.05, 3.63) is 60.4 Å². The molecule has 12 nitrogen and oxygen atoms in total. The Morgan fingerprint density at radius 2 is 2.14 bits per heavy atom. The summed E-state index contributed by atoms with van der Waals surface area (Å²) in [6.07, 6.45) is 3.97. The third-order valence-corrected chi connectivity index (χ3v) is 5.88. The first-order valence-corrected chi connectivity index (χ1v) is 11.7. The minimum atomic E-state index is -0.546. The fourth-order valence-electron chi connectivity index (χ4n) is 4.04. The molecule has 0 saturated carbocycles. The first-order valence-electron chi connectivity index (χ1n) is 11.7. The summed E-state index contributed by atoms with van der Waals surface area (Å²) in [5, 5.41) is 11.6. The molecule has 13 heteroatoms. The molecule has 0 radical (unpaired) electrons. The number of pyridine rings is 1. The maximum atomic E-state index is 15.1. The van der Waals surface area contributed by atoms with Crippen LogP contribution in [0.5, 0.6) is 0 Å². The molecule has 5 rings (SSSR count). The SMILES string of the molecule is NCCC(=O)OC[C@@H]1CC(c2ccc(-c3ccc(N4C[C@H](Cn5ccnn5)OC4=O)cc3F)cn2)=NO1. The van der Waals surface area contributed by atoms with E-state index in [4.69, 9.17) is 20.0 Å². The minimum absolute atomic E-state index is 0.0766. The maximum Gasteiger partial charge on any atom is 0.414 e. The smallest absolute Gasteiger partial charge is 0.414 e. The largest absolute Gasteiger partial charge is 0.462 e. The van der Waals surface area contributed by atoms with E-state index in [1.54, 1.807) is 47.5 Å². The molecule has 0 bridgehead atoms. The molecule has 2 atom stereocenters. The number of oxime groups is 1. The molecular formula is C24H24FN7O5. The predicted octanol–water partition coefficient (Wildman–Crippen LogP) is 1.89. The van der Waals surface area contributed by atoms with E-state index in [0.29, 0.717) is 41.2 Å². The number of rotatable bonds is 9. The lowest BCUT2D eigenvalue weighted by molar-refractivity contribution is -0.147. The Labute approximate surface area is 210 Å². The van der Waals surface area contributed by atoms with E-state index in [-0.39, 0.29) is 32.1 Å². The van der Waals surface area contributed by atoms with Crippen LogP contribution in [0.15, 0.2) is 54.1 Å². The van der Waals surface area contributed by atoms with Gasteiger partial charge in [-0.25, -0.2) is 13.9 Å². The molecule has 3 aromatic rings. The molecule has 2 N–H and O–H groups in total. The molecule has 192 valence electrons. The van der Waals surface area contributed by atoms with Gasteiger partial charge in [0.25, 0.3) is 0 Å². The van der Waals surface area contributed by atoms with E-state index in [2.05, 4.69) is 20.5 Å². The first kappa shape index (κ1) is 24.3. The van der Waals surface area contributed by atoms with Crippen molar-refractivity contribution in [3.8, 4) is 11.1 Å². The van der Waals surface area contributed by atoms with Crippen LogP contribution in [0, 0.1) is 5.82 Å². The number of nitrogens with two attached hydrogens (primary N) is 1. The van der Waals surface area contributed by atoms with Gasteiger partial charge in [0, 0.05) is 36.5 Å². The van der Waals surface area contributed by atoms with Gasteiger partial charge in [0.1, 0.15) is 24.2 Å². The Hall–Kier alpha value is -4.39. The van der Waals surface area contributed by atoms with E-state index in [1.807, 2.05) is 0 Å². The zero-order valence-corrected chi connectivity index (χ0v) is 19.7. The summed E-state index contributed by atoms with van der Waals surface area (Å²) in [7, 11) is 0. The second kappa shape index (κ2) is 10.7. The fraction of sp³-hybridized carbons (Fsp3) is 0.333. The maximum absolute atomic E-state index is 15.1. The van der Waals surface area contributed by atoms with Crippen molar-refractivity contribution in [3.63, 3.8) is 0 Å². The zero-order valence-electron chi connectivity index (χ0n) is 19.7. The second-order valence-electron chi connectivity index (χ2n) is 8.53. The average molecular weight is 509 g/mol. The first-order chi connectivity index (χ1) is 18.0. The fourth-order valence-corrected chi connectivity index (χ4v) is 4.04. The average Bonchev–Trinajstić information content (AvgIpc) is 3.65. The number of hydrogen-bond acceptors (Lipinski definition) is 10. The van der Waals surface area contributed by atoms with Gasteiger partial charge in [-0.3, -0.25) is 14.7 Å². The molecular weight excluding hydrogens is 485 g/mol. The van der Waals surface area contributed by atoms with Crippen LogP contribution in [0.1, 0.15) is 18.5 Å². The molecule has 1 fully saturated rings. The van der Waals surface area contributed by atoms with Gasteiger partial charge in [-0.05, 0) is 24.3 Å². The molecule has 1 saturated heterocycles. The van der Waals surface area contributed by atoms with Crippen molar-refractivity contribution >= 4 is 23.5 Å². The van der Waals surface area contributed by atoms with Crippen molar-refractivity contribution in [2.45, 2.75) is 31.6 Å². The Morgan fingerprint density at radius 1 is 1.24 bits per heavy atom. The Bertz CT molecular complexity index is 1300. The summed E-state index contributed by atoms with van der Waals surface area (Å²) in [6.45, 7) is 0.928. The van der Waals surface area contributed by atoms with Gasteiger partial charge in [-0.2, -0.15) is 0 Å². The lowest BCUT2D eigenvalue weighted by atomic mass is 10.0. The number of anilines is 1. The summed E-state index contributed by atoms with van der Waals surface area (Å²) >= 11 is 0. The highest BCUT2D eigenvalue weighted by Crippen LogP contribution is 2.29. The summed E-state index contributed by atoms with van der Waals surface area (Å²) in [4.78, 5) is 34.9. The highest BCUT2D eigenvalue weighted by molar-refractivity contribution is 5.99. The van der Waals surface area contributed by atoms with Gasteiger partial charge in [-0.1, -0.05) is 16.4 Å². The Kier molecular flexibility index (Phi) is 7.03. The van der Waals surface area contributed by atoms with Crippen molar-refractivity contribution in [1.29, 1.82) is 0 Å². The lowest BCUT2D eigenvalue weighted by Crippen LogP contribution is -2.26. The number of benzene rings is 1. The second-order valence-corrected chi connectivity index (χ2v) is 8.53. The van der Waals surface area contributed by atoms with E-state index < -0.39 is 24.1 Å². The van der Waals surface area contributed by atoms with Crippen LogP contribution >= 0.6 is 0 Å². The van der Waals surface area contributed by atoms with Crippen LogP contribution in [0.2, 0.25) is 0 Å². The molecule has 2 aliphatic rings. The number of esters is 1. The standard InChI is InChI=1S/C24H24FN7O5/c25-20-9-16(32-13-18(36-24(32)34)12-31-8-7-28-30-31)2-3-19(20)15-1-4-21(27-11-15)22-10-17(37-29-22)14-35-23(33)5-6-26/h1-4,7-9,11,17-18H,5-6,10,12-14,26H2/t17-,18-/m0/s1. The zero-order chi connectivity index (χ0) is 25.8. The van der Waals surface area contributed by atoms with Gasteiger partial charge in [0.2, 0.25) is 0 Å². The normalized spacial score (nSPS) is 18.9. The van der Waals surface area contributed by atoms with Crippen LogP contribution in [0.25, 0.3) is 11.1 Å². The summed E-state index contributed by atoms with van der Waals surface area (Å²) in [5.41, 5.74) is 7.81. The molecule has 2 aliphatic heterocycles. The van der Waals surface area contributed by atoms with Crippen molar-refractivity contribution in [2.24, 2.45) is 10.9 Å². The minimum Gasteiger partial charge on any atom is -0.462 e. The van der Waals surface area contributed by atoms with E-state index >= 15 is 4.39 Å². The van der Waals surface area contributed by atoms with Gasteiger partial charge >= 0.3 is 12.1 Å². The number of amides is 1. The molecule has 4 heterocycles. The highest BCUT2D eigenvalue weighted by atomic mass is 19.1. The van der Waals surface area contributed by atoms with Crippen molar-refractivity contribution < 1.29 is 28.3 Å². The number of halogens is 1. The molecule has 0 unspecified atom stereocenters. The number of aromatic nitrogens is 4. The molecule has 1 aromatic carbocycles. The van der Waals surface area contributed by atoms with Crippen LogP contribution < -0.4 is 10.6 Å². The van der Waals surface area contributed by atoms with Gasteiger partial charge in [-0.15, -0.1) is 5.10 Å². The molecule has 2 aromatic heterocycles. The lowest BCUT2D eigenvalue weighted by Gasteiger charge is -2.14. The quantitative estimate of drug-likeness (QED) is 0.427. The van der Waals surface area contributed by atoms with Crippen molar-refractivity contribution in [2.75, 3.05) is 24.6 Å². The van der Waals surface area contributed by atoms with Gasteiger partial charge < -0.3 is 20.0 Å². The number of nitrogens with zero attached hydrogens (tertiary/aromatic N) is 6. The van der Waals surface area contributed by atoms with Gasteiger partial charge in [0.05, 0.1) is 37.1 Å². The van der Waals surface area contributed by atoms with E-state index in [9.17, 15) is 9.59 Å². The monoisotopic (exact) mass is 509 g/mol. The number of cyclic esters (lactones) is 1. The molecule has 0 aliphatic carbocycles. The molecule has 37 heavy (non-hydrogen) atoms. The van der Waals surface area contributed by atoms with Crippen molar-refractivity contribution in [1.82, 2.24) is 20.0 Å². The molecule has 1 amide bonds. The topological polar surface area (TPSA) is 147 Å². The number of ether oxygens (including phenoxy) is 2. The number of carbonyl (C=O) groups is 2. The number of carbonyl (C=O) groups excluding carboxylic acids is 2. The number of hydrogen-bond donors (Lipinski definition) is 1. The molecule has 0 spiro atoms. The summed E-state index contributed by atoms with van der Waals surface area (Å²) in [6, 6.07) is 8.02. The van der Waals surface area contributed by atoms with E-state index in [1.165, 1.54) is 11.0 Å². The Balaban J connectivity index is 1.20. The highest BCUT2D eigenvalue weighted by Gasteiger charge is 2.33. The third kappa shape index (κ3) is 5.56. The summed E-state index contributed by atoms with van der Waals surface area (Å²) in [5.74, 6) is -0.885. The predicted molar refractivity (Wildman–Crippen MR) is 128 cm³/mol. The van der Waals surface area contributed by atoms with Crippen LogP contribution in [-0.4, -0.2) is 69.7 Å². The summed E-state index contributed by atoms with van der Waals surface area (Å²) < 4.78 is 27.1. The van der Waals surface area contributed by atoms with E-state index in [0.717, 1.165) is 0 Å². The van der Waals surface area contributed by atoms with Gasteiger partial charge in [0.15, 0.2) is 6.10 Å². The van der Waals surface area contributed by atoms with Crippen LogP contribution in [-0.2, 0) is 25.7 Å². The van der Waals surface area contributed by atoms with Crippen LogP contribution in [0.4, 0.5) is 14.9 Å². The Morgan fingerprint density at radius 3 is 2.86 bits per heavy atom. The van der Waals surface area contributed by atoms with Crippen LogP contribution in [0.3, 0.4) is 0 Å².